The number of hydrogen-bond acceptors (Lipinski definition) is 4. The van der Waals surface area contributed by atoms with Gasteiger partial charge in [-0.15, -0.1) is 0 Å². The third-order valence-corrected chi connectivity index (χ3v) is 6.02. The smallest absolute Gasteiger partial charge is 0.319 e. The minimum absolute atomic E-state index is 0.0430. The number of hydrogen-bond donors (Lipinski definition) is 2. The average molecular weight is 428 g/mol. The minimum Gasteiger partial charge on any atom is -0.390 e. The average Bonchev–Trinajstić information content (AvgIpc) is 2.74. The van der Waals surface area contributed by atoms with Crippen LogP contribution in [0.3, 0.4) is 0 Å². The highest BCUT2D eigenvalue weighted by Crippen LogP contribution is 2.31. The number of carbonyl (C=O) groups is 2. The number of nitrogens with two attached hydrogens (primary N) is 1. The van der Waals surface area contributed by atoms with E-state index < -0.39 is 12.1 Å². The van der Waals surface area contributed by atoms with Gasteiger partial charge in [-0.2, -0.15) is 0 Å². The highest BCUT2D eigenvalue weighted by atomic mass is 19.1. The number of piperidine rings is 1. The molecule has 2 aromatic carbocycles. The number of β-amino-alcohol motifs (C(OH)–C–C–N with tert-alkyl or cyclic N) is 1. The zero-order chi connectivity index (χ0) is 22.5. The number of primary amides is 1. The van der Waals surface area contributed by atoms with Crippen molar-refractivity contribution in [2.75, 3.05) is 24.5 Å². The second-order valence-corrected chi connectivity index (χ2v) is 8.33. The predicted octanol–water partition coefficient (Wildman–Crippen LogP) is 3.54. The molecule has 3 atom stereocenters. The van der Waals surface area contributed by atoms with E-state index in [-0.39, 0.29) is 24.2 Å². The summed E-state index contributed by atoms with van der Waals surface area (Å²) in [7, 11) is 0. The van der Waals surface area contributed by atoms with Gasteiger partial charge in [0.25, 0.3) is 0 Å². The van der Waals surface area contributed by atoms with Gasteiger partial charge in [-0.3, -0.25) is 14.6 Å². The molecule has 0 spiro atoms. The molecular weight excluding hydrogens is 397 g/mol. The zero-order valence-electron chi connectivity index (χ0n) is 18.0. The van der Waals surface area contributed by atoms with Crippen LogP contribution in [0, 0.1) is 5.82 Å². The number of nitrogens with zero attached hydrogens (tertiary/aromatic N) is 2. The third kappa shape index (κ3) is 5.89. The number of aliphatic hydroxyl groups excluding tert-OH is 1. The molecule has 3 rings (SSSR count). The van der Waals surface area contributed by atoms with E-state index in [9.17, 15) is 19.1 Å². The molecule has 3 N–H and O–H groups in total. The van der Waals surface area contributed by atoms with Gasteiger partial charge in [0.05, 0.1) is 12.6 Å². The molecule has 0 aliphatic carbocycles. The summed E-state index contributed by atoms with van der Waals surface area (Å²) in [5.74, 6) is 0.0234. The summed E-state index contributed by atoms with van der Waals surface area (Å²) in [6, 6.07) is 12.9. The van der Waals surface area contributed by atoms with E-state index in [2.05, 4.69) is 11.8 Å². The van der Waals surface area contributed by atoms with E-state index in [0.717, 1.165) is 24.9 Å². The summed E-state index contributed by atoms with van der Waals surface area (Å²) in [6.45, 7) is 4.83. The molecule has 0 bridgehead atoms. The van der Waals surface area contributed by atoms with Crippen LogP contribution in [0.5, 0.6) is 0 Å². The molecule has 2 amide bonds. The number of amides is 2. The van der Waals surface area contributed by atoms with E-state index >= 15 is 0 Å². The summed E-state index contributed by atoms with van der Waals surface area (Å²) < 4.78 is 13.2. The van der Waals surface area contributed by atoms with Gasteiger partial charge < -0.3 is 10.8 Å². The van der Waals surface area contributed by atoms with E-state index in [0.29, 0.717) is 23.7 Å². The Bertz CT molecular complexity index is 919. The van der Waals surface area contributed by atoms with Crippen molar-refractivity contribution in [3.8, 4) is 0 Å². The van der Waals surface area contributed by atoms with Crippen LogP contribution in [0.4, 0.5) is 14.9 Å². The fourth-order valence-electron chi connectivity index (χ4n) is 4.28. The van der Waals surface area contributed by atoms with Gasteiger partial charge in [0.1, 0.15) is 5.82 Å². The standard InChI is InChI=1S/C24H30FN3O3/c1-16-12-20(18-6-8-21(25)9-7-18)10-11-27(16)14-23(30)15-28(24(26)31)22-5-3-4-19(13-22)17(2)29/h3-9,13,16,20,23,30H,10-12,14-15H2,1-2H3,(H2,26,31). The lowest BCUT2D eigenvalue weighted by atomic mass is 9.85. The number of ketones is 1. The molecule has 166 valence electrons. The van der Waals surface area contributed by atoms with Crippen molar-refractivity contribution in [1.29, 1.82) is 0 Å². The molecule has 1 aliphatic heterocycles. The van der Waals surface area contributed by atoms with Crippen LogP contribution in [-0.4, -0.2) is 53.6 Å². The Balaban J connectivity index is 1.60. The topological polar surface area (TPSA) is 86.9 Å². The number of urea groups is 1. The van der Waals surface area contributed by atoms with E-state index in [1.54, 1.807) is 24.3 Å². The van der Waals surface area contributed by atoms with E-state index in [4.69, 9.17) is 5.73 Å². The number of rotatable bonds is 7. The molecule has 3 unspecified atom stereocenters. The lowest BCUT2D eigenvalue weighted by Gasteiger charge is -2.39. The normalized spacial score (nSPS) is 20.3. The predicted molar refractivity (Wildman–Crippen MR) is 119 cm³/mol. The SMILES string of the molecule is CC(=O)c1cccc(N(CC(O)CN2CCC(c3ccc(F)cc3)CC2C)C(N)=O)c1. The summed E-state index contributed by atoms with van der Waals surface area (Å²) in [6.07, 6.45) is 1.04. The molecule has 0 radical (unpaired) electrons. The molecule has 1 heterocycles. The number of Topliss-reactive ketones (excluding diaryl/α,β-unsaturated/α-hetero) is 1. The molecule has 2 aromatic rings. The molecule has 7 heteroatoms. The first-order valence-corrected chi connectivity index (χ1v) is 10.6. The lowest BCUT2D eigenvalue weighted by molar-refractivity contribution is 0.0716. The van der Waals surface area contributed by atoms with Crippen molar-refractivity contribution in [3.63, 3.8) is 0 Å². The maximum Gasteiger partial charge on any atom is 0.319 e. The quantitative estimate of drug-likeness (QED) is 0.662. The van der Waals surface area contributed by atoms with E-state index in [1.165, 1.54) is 24.0 Å². The fraction of sp³-hybridized carbons (Fsp3) is 0.417. The van der Waals surface area contributed by atoms with Gasteiger partial charge >= 0.3 is 6.03 Å². The number of halogens is 1. The van der Waals surface area contributed by atoms with Crippen LogP contribution in [0.25, 0.3) is 0 Å². The first-order chi connectivity index (χ1) is 14.7. The molecular formula is C24H30FN3O3. The summed E-state index contributed by atoms with van der Waals surface area (Å²) in [5, 5.41) is 10.7. The van der Waals surface area contributed by atoms with Crippen LogP contribution in [0.2, 0.25) is 0 Å². The van der Waals surface area contributed by atoms with Crippen molar-refractivity contribution in [3.05, 3.63) is 65.5 Å². The number of anilines is 1. The Morgan fingerprint density at radius 3 is 2.58 bits per heavy atom. The van der Waals surface area contributed by atoms with Gasteiger partial charge in [0.15, 0.2) is 5.78 Å². The molecule has 1 aliphatic rings. The monoisotopic (exact) mass is 427 g/mol. The van der Waals surface area contributed by atoms with Gasteiger partial charge in [0, 0.05) is 23.8 Å². The van der Waals surface area contributed by atoms with Crippen molar-refractivity contribution < 1.29 is 19.1 Å². The Morgan fingerprint density at radius 1 is 1.26 bits per heavy atom. The van der Waals surface area contributed by atoms with Gasteiger partial charge in [-0.05, 0) is 69.0 Å². The second-order valence-electron chi connectivity index (χ2n) is 8.33. The fourth-order valence-corrected chi connectivity index (χ4v) is 4.28. The zero-order valence-corrected chi connectivity index (χ0v) is 18.0. The molecule has 31 heavy (non-hydrogen) atoms. The maximum atomic E-state index is 13.2. The molecule has 1 fully saturated rings. The van der Waals surface area contributed by atoms with Crippen LogP contribution >= 0.6 is 0 Å². The number of likely N-dealkylation sites (tertiary alicyclic amines) is 1. The van der Waals surface area contributed by atoms with Crippen molar-refractivity contribution in [2.24, 2.45) is 5.73 Å². The minimum atomic E-state index is -0.793. The van der Waals surface area contributed by atoms with Gasteiger partial charge in [-0.25, -0.2) is 9.18 Å². The number of carbonyl (C=O) groups excluding carboxylic acids is 2. The third-order valence-electron chi connectivity index (χ3n) is 6.02. The van der Waals surface area contributed by atoms with Crippen molar-refractivity contribution in [1.82, 2.24) is 4.90 Å². The Labute approximate surface area is 182 Å². The Hall–Kier alpha value is -2.77. The highest BCUT2D eigenvalue weighted by molar-refractivity contribution is 5.97. The molecule has 6 nitrogen and oxygen atoms in total. The molecule has 0 aromatic heterocycles. The highest BCUT2D eigenvalue weighted by Gasteiger charge is 2.28. The number of benzene rings is 2. The molecule has 0 saturated carbocycles. The van der Waals surface area contributed by atoms with Gasteiger partial charge in [-0.1, -0.05) is 24.3 Å². The van der Waals surface area contributed by atoms with Crippen LogP contribution < -0.4 is 10.6 Å². The molecule has 1 saturated heterocycles. The summed E-state index contributed by atoms with van der Waals surface area (Å²) >= 11 is 0. The lowest BCUT2D eigenvalue weighted by Crippen LogP contribution is -2.48. The van der Waals surface area contributed by atoms with Crippen LogP contribution in [0.1, 0.15) is 48.5 Å². The number of aliphatic hydroxyl groups is 1. The Morgan fingerprint density at radius 2 is 1.97 bits per heavy atom. The van der Waals surface area contributed by atoms with Crippen LogP contribution in [0.15, 0.2) is 48.5 Å². The summed E-state index contributed by atoms with van der Waals surface area (Å²) in [4.78, 5) is 27.2. The largest absolute Gasteiger partial charge is 0.390 e. The van der Waals surface area contributed by atoms with Crippen molar-refractivity contribution >= 4 is 17.5 Å². The van der Waals surface area contributed by atoms with E-state index in [1.807, 2.05) is 12.1 Å². The first kappa shape index (κ1) is 22.9. The first-order valence-electron chi connectivity index (χ1n) is 10.6. The van der Waals surface area contributed by atoms with Crippen molar-refractivity contribution in [2.45, 2.75) is 44.8 Å². The van der Waals surface area contributed by atoms with Gasteiger partial charge in [0.2, 0.25) is 0 Å². The maximum absolute atomic E-state index is 13.2. The second kappa shape index (κ2) is 10.0. The summed E-state index contributed by atoms with van der Waals surface area (Å²) in [5.41, 5.74) is 7.65. The Kier molecular flexibility index (Phi) is 7.41. The van der Waals surface area contributed by atoms with Crippen LogP contribution in [-0.2, 0) is 0 Å².